The molecule has 0 spiro atoms. The van der Waals surface area contributed by atoms with Crippen LogP contribution in [0.25, 0.3) is 0 Å². The molecule has 0 aliphatic heterocycles. The van der Waals surface area contributed by atoms with Crippen molar-refractivity contribution in [2.75, 3.05) is 12.3 Å². The smallest absolute Gasteiger partial charge is 0.355 e. The van der Waals surface area contributed by atoms with Gasteiger partial charge in [0, 0.05) is 12.7 Å². The molecule has 3 nitrogen and oxygen atoms in total. The average molecular weight is 382 g/mol. The standard InChI is InChI=1S/C19H21F3N2OS/c1-13(2)15-5-3-14(4-6-15)9-10-23-17(25)12-26-18-8-7-16(11-24-18)19(20,21)22/h3-8,11,13H,9-10,12H2,1-2H3,(H,23,25). The van der Waals surface area contributed by atoms with Crippen LogP contribution < -0.4 is 5.32 Å². The Labute approximate surface area is 155 Å². The molecule has 0 aliphatic carbocycles. The number of nitrogens with one attached hydrogen (secondary N) is 1. The Balaban J connectivity index is 1.72. The fraction of sp³-hybridized carbons (Fsp3) is 0.368. The van der Waals surface area contributed by atoms with Crippen LogP contribution >= 0.6 is 11.8 Å². The molecule has 1 aromatic carbocycles. The summed E-state index contributed by atoms with van der Waals surface area (Å²) < 4.78 is 37.4. The van der Waals surface area contributed by atoms with E-state index in [0.29, 0.717) is 17.5 Å². The van der Waals surface area contributed by atoms with E-state index in [1.165, 1.54) is 11.6 Å². The summed E-state index contributed by atoms with van der Waals surface area (Å²) >= 11 is 1.11. The van der Waals surface area contributed by atoms with E-state index in [0.717, 1.165) is 36.0 Å². The highest BCUT2D eigenvalue weighted by Gasteiger charge is 2.30. The summed E-state index contributed by atoms with van der Waals surface area (Å²) in [5, 5.41) is 3.19. The number of rotatable bonds is 7. The maximum absolute atomic E-state index is 12.5. The zero-order valence-corrected chi connectivity index (χ0v) is 15.5. The van der Waals surface area contributed by atoms with E-state index in [4.69, 9.17) is 0 Å². The Morgan fingerprint density at radius 2 is 1.85 bits per heavy atom. The average Bonchev–Trinajstić information content (AvgIpc) is 2.60. The van der Waals surface area contributed by atoms with Crippen molar-refractivity contribution in [3.63, 3.8) is 0 Å². The molecule has 26 heavy (non-hydrogen) atoms. The Morgan fingerprint density at radius 1 is 1.15 bits per heavy atom. The van der Waals surface area contributed by atoms with Gasteiger partial charge in [0.2, 0.25) is 5.91 Å². The Kier molecular flexibility index (Phi) is 7.08. The molecular formula is C19H21F3N2OS. The van der Waals surface area contributed by atoms with Gasteiger partial charge in [-0.2, -0.15) is 13.2 Å². The van der Waals surface area contributed by atoms with Crippen LogP contribution in [0, 0.1) is 0 Å². The molecule has 1 N–H and O–H groups in total. The first-order valence-electron chi connectivity index (χ1n) is 8.27. The number of hydrogen-bond donors (Lipinski definition) is 1. The molecule has 1 amide bonds. The van der Waals surface area contributed by atoms with Gasteiger partial charge in [-0.25, -0.2) is 4.98 Å². The summed E-state index contributed by atoms with van der Waals surface area (Å²) in [5.74, 6) is 0.431. The van der Waals surface area contributed by atoms with Crippen LogP contribution in [-0.2, 0) is 17.4 Å². The molecule has 0 saturated carbocycles. The first-order valence-corrected chi connectivity index (χ1v) is 9.26. The monoisotopic (exact) mass is 382 g/mol. The van der Waals surface area contributed by atoms with Gasteiger partial charge in [0.15, 0.2) is 0 Å². The highest BCUT2D eigenvalue weighted by atomic mass is 32.2. The normalized spacial score (nSPS) is 11.6. The number of aromatic nitrogens is 1. The molecule has 140 valence electrons. The number of nitrogens with zero attached hydrogens (tertiary/aromatic N) is 1. The molecule has 0 unspecified atom stereocenters. The molecule has 0 radical (unpaired) electrons. The summed E-state index contributed by atoms with van der Waals surface area (Å²) in [6.45, 7) is 4.79. The van der Waals surface area contributed by atoms with Crippen molar-refractivity contribution >= 4 is 17.7 Å². The van der Waals surface area contributed by atoms with E-state index in [-0.39, 0.29) is 11.7 Å². The van der Waals surface area contributed by atoms with E-state index in [9.17, 15) is 18.0 Å². The highest BCUT2D eigenvalue weighted by Crippen LogP contribution is 2.29. The van der Waals surface area contributed by atoms with Crippen molar-refractivity contribution < 1.29 is 18.0 Å². The maximum atomic E-state index is 12.5. The first kappa shape index (κ1) is 20.3. The van der Waals surface area contributed by atoms with Gasteiger partial charge < -0.3 is 5.32 Å². The van der Waals surface area contributed by atoms with Gasteiger partial charge in [-0.1, -0.05) is 49.9 Å². The second kappa shape index (κ2) is 9.07. The van der Waals surface area contributed by atoms with Gasteiger partial charge in [0.05, 0.1) is 16.3 Å². The lowest BCUT2D eigenvalue weighted by Crippen LogP contribution is -2.27. The Bertz CT molecular complexity index is 713. The van der Waals surface area contributed by atoms with Crippen molar-refractivity contribution in [2.24, 2.45) is 0 Å². The summed E-state index contributed by atoms with van der Waals surface area (Å²) in [4.78, 5) is 15.6. The molecule has 2 aromatic rings. The van der Waals surface area contributed by atoms with E-state index in [1.807, 2.05) is 0 Å². The largest absolute Gasteiger partial charge is 0.417 e. The first-order chi connectivity index (χ1) is 12.3. The van der Waals surface area contributed by atoms with Crippen molar-refractivity contribution in [1.29, 1.82) is 0 Å². The number of hydrogen-bond acceptors (Lipinski definition) is 3. The Hall–Kier alpha value is -2.02. The van der Waals surface area contributed by atoms with Gasteiger partial charge in [-0.05, 0) is 35.6 Å². The van der Waals surface area contributed by atoms with Crippen LogP contribution in [0.15, 0.2) is 47.6 Å². The third-order valence-corrected chi connectivity index (χ3v) is 4.74. The van der Waals surface area contributed by atoms with Crippen LogP contribution in [0.4, 0.5) is 13.2 Å². The van der Waals surface area contributed by atoms with Gasteiger partial charge in [-0.15, -0.1) is 0 Å². The molecule has 0 saturated heterocycles. The van der Waals surface area contributed by atoms with E-state index in [1.54, 1.807) is 0 Å². The minimum absolute atomic E-state index is 0.116. The van der Waals surface area contributed by atoms with Crippen LogP contribution in [0.2, 0.25) is 0 Å². The molecule has 7 heteroatoms. The third kappa shape index (κ3) is 6.37. The predicted octanol–water partition coefficient (Wildman–Crippen LogP) is 4.67. The number of alkyl halides is 3. The van der Waals surface area contributed by atoms with E-state index >= 15 is 0 Å². The predicted molar refractivity (Wildman–Crippen MR) is 97.2 cm³/mol. The number of carbonyl (C=O) groups is 1. The van der Waals surface area contributed by atoms with Crippen molar-refractivity contribution in [1.82, 2.24) is 10.3 Å². The van der Waals surface area contributed by atoms with E-state index < -0.39 is 11.7 Å². The van der Waals surface area contributed by atoms with Crippen LogP contribution in [-0.4, -0.2) is 23.2 Å². The molecule has 0 bridgehead atoms. The number of amides is 1. The van der Waals surface area contributed by atoms with Crippen molar-refractivity contribution in [3.05, 3.63) is 59.3 Å². The fourth-order valence-corrected chi connectivity index (χ4v) is 2.91. The zero-order chi connectivity index (χ0) is 19.2. The van der Waals surface area contributed by atoms with Crippen LogP contribution in [0.1, 0.15) is 36.5 Å². The SMILES string of the molecule is CC(C)c1ccc(CCNC(=O)CSc2ccc(C(F)(F)F)cn2)cc1. The van der Waals surface area contributed by atoms with E-state index in [2.05, 4.69) is 48.4 Å². The highest BCUT2D eigenvalue weighted by molar-refractivity contribution is 7.99. The maximum Gasteiger partial charge on any atom is 0.417 e. The topological polar surface area (TPSA) is 42.0 Å². The Morgan fingerprint density at radius 3 is 2.38 bits per heavy atom. The number of thioether (sulfide) groups is 1. The van der Waals surface area contributed by atoms with Crippen molar-refractivity contribution in [3.8, 4) is 0 Å². The molecule has 1 aromatic heterocycles. The second-order valence-corrected chi connectivity index (χ2v) is 7.16. The van der Waals surface area contributed by atoms with Gasteiger partial charge in [0.1, 0.15) is 0 Å². The number of carbonyl (C=O) groups excluding carboxylic acids is 1. The lowest BCUT2D eigenvalue weighted by Gasteiger charge is -2.08. The second-order valence-electron chi connectivity index (χ2n) is 6.17. The zero-order valence-electron chi connectivity index (χ0n) is 14.6. The minimum Gasteiger partial charge on any atom is -0.355 e. The number of benzene rings is 1. The number of pyridine rings is 1. The van der Waals surface area contributed by atoms with Crippen LogP contribution in [0.3, 0.4) is 0 Å². The summed E-state index contributed by atoms with van der Waals surface area (Å²) in [5.41, 5.74) is 1.62. The van der Waals surface area contributed by atoms with Crippen LogP contribution in [0.5, 0.6) is 0 Å². The third-order valence-electron chi connectivity index (χ3n) is 3.80. The molecule has 0 atom stereocenters. The van der Waals surface area contributed by atoms with Gasteiger partial charge in [0.25, 0.3) is 0 Å². The van der Waals surface area contributed by atoms with Gasteiger partial charge >= 0.3 is 6.18 Å². The lowest BCUT2D eigenvalue weighted by molar-refractivity contribution is -0.137. The fourth-order valence-electron chi connectivity index (χ4n) is 2.24. The molecule has 1 heterocycles. The lowest BCUT2D eigenvalue weighted by atomic mass is 10.0. The summed E-state index contributed by atoms with van der Waals surface area (Å²) in [7, 11) is 0. The number of halogens is 3. The quantitative estimate of drug-likeness (QED) is 0.708. The minimum atomic E-state index is -4.40. The molecule has 0 aliphatic rings. The molecule has 0 fully saturated rings. The molecular weight excluding hydrogens is 361 g/mol. The summed E-state index contributed by atoms with van der Waals surface area (Å²) in [6, 6.07) is 10.5. The van der Waals surface area contributed by atoms with Crippen molar-refractivity contribution in [2.45, 2.75) is 37.4 Å². The molecule has 2 rings (SSSR count). The van der Waals surface area contributed by atoms with Gasteiger partial charge in [-0.3, -0.25) is 4.79 Å². The summed E-state index contributed by atoms with van der Waals surface area (Å²) in [6.07, 6.45) is -2.89.